The third kappa shape index (κ3) is 2.53. The normalized spacial score (nSPS) is 47.5. The van der Waals surface area contributed by atoms with E-state index in [-0.39, 0.29) is 18.3 Å². The van der Waals surface area contributed by atoms with E-state index in [4.69, 9.17) is 23.7 Å². The van der Waals surface area contributed by atoms with Crippen LogP contribution in [0.2, 0.25) is 0 Å². The molecule has 0 unspecified atom stereocenters. The van der Waals surface area contributed by atoms with Crippen molar-refractivity contribution in [2.75, 3.05) is 6.61 Å². The molecule has 3 aliphatic rings. The molecule has 0 bridgehead atoms. The van der Waals surface area contributed by atoms with E-state index in [1.54, 1.807) is 0 Å². The highest BCUT2D eigenvalue weighted by Gasteiger charge is 2.63. The van der Waals surface area contributed by atoms with Crippen LogP contribution in [-0.2, 0) is 28.5 Å². The van der Waals surface area contributed by atoms with Crippen LogP contribution in [0, 0.1) is 5.41 Å². The Bertz CT molecular complexity index is 434. The minimum atomic E-state index is -0.698. The van der Waals surface area contributed by atoms with E-state index >= 15 is 0 Å². The van der Waals surface area contributed by atoms with Crippen LogP contribution in [0.1, 0.15) is 41.0 Å². The zero-order valence-electron chi connectivity index (χ0n) is 13.3. The van der Waals surface area contributed by atoms with Gasteiger partial charge in [-0.15, -0.1) is 0 Å². The zero-order chi connectivity index (χ0) is 15.5. The molecule has 5 atom stereocenters. The monoisotopic (exact) mass is 300 g/mol. The molecule has 0 aliphatic carbocycles. The molecule has 120 valence electrons. The van der Waals surface area contributed by atoms with Gasteiger partial charge in [0.15, 0.2) is 17.9 Å². The van der Waals surface area contributed by atoms with E-state index in [9.17, 15) is 4.79 Å². The van der Waals surface area contributed by atoms with Crippen molar-refractivity contribution in [1.82, 2.24) is 0 Å². The molecule has 3 fully saturated rings. The van der Waals surface area contributed by atoms with Gasteiger partial charge >= 0.3 is 0 Å². The summed E-state index contributed by atoms with van der Waals surface area (Å²) < 4.78 is 29.4. The number of carbonyl (C=O) groups excluding carboxylic acids is 1. The summed E-state index contributed by atoms with van der Waals surface area (Å²) in [5.74, 6) is -1.33. The summed E-state index contributed by atoms with van der Waals surface area (Å²) in [6.07, 6.45) is -0.0360. The minimum absolute atomic E-state index is 0.231. The predicted molar refractivity (Wildman–Crippen MR) is 72.4 cm³/mol. The molecule has 0 amide bonds. The van der Waals surface area contributed by atoms with E-state index < -0.39 is 23.3 Å². The van der Waals surface area contributed by atoms with Gasteiger partial charge in [0.2, 0.25) is 0 Å². The molecule has 0 saturated carbocycles. The summed E-state index contributed by atoms with van der Waals surface area (Å²) in [4.78, 5) is 11.2. The fourth-order valence-electron chi connectivity index (χ4n) is 3.53. The molecule has 3 heterocycles. The lowest BCUT2D eigenvalue weighted by molar-refractivity contribution is -0.236. The average Bonchev–Trinajstić information content (AvgIpc) is 2.92. The SMILES string of the molecule is CC1(C)OC[C@H]([C@H]2O[C@@H]3OC(C)(C)O[C@@H]3[C@]2(C)CC=O)O1. The average molecular weight is 300 g/mol. The molecular formula is C15H24O6. The molecule has 3 aliphatic heterocycles. The Morgan fingerprint density at radius 1 is 1.00 bits per heavy atom. The molecule has 0 N–H and O–H groups in total. The van der Waals surface area contributed by atoms with E-state index in [2.05, 4.69) is 0 Å². The maximum absolute atomic E-state index is 11.2. The van der Waals surface area contributed by atoms with Crippen molar-refractivity contribution in [3.05, 3.63) is 0 Å². The summed E-state index contributed by atoms with van der Waals surface area (Å²) >= 11 is 0. The number of hydrogen-bond donors (Lipinski definition) is 0. The van der Waals surface area contributed by atoms with Crippen LogP contribution in [-0.4, -0.2) is 49.1 Å². The predicted octanol–water partition coefficient (Wildman–Crippen LogP) is 1.61. The van der Waals surface area contributed by atoms with Gasteiger partial charge in [-0.1, -0.05) is 6.92 Å². The van der Waals surface area contributed by atoms with E-state index in [1.807, 2.05) is 34.6 Å². The van der Waals surface area contributed by atoms with E-state index in [1.165, 1.54) is 0 Å². The Balaban J connectivity index is 1.84. The first kappa shape index (κ1) is 15.4. The number of carbonyl (C=O) groups is 1. The lowest BCUT2D eigenvalue weighted by Crippen LogP contribution is -2.46. The Kier molecular flexibility index (Phi) is 3.46. The van der Waals surface area contributed by atoms with Crippen LogP contribution in [0.15, 0.2) is 0 Å². The van der Waals surface area contributed by atoms with Gasteiger partial charge in [0.25, 0.3) is 0 Å². The smallest absolute Gasteiger partial charge is 0.188 e. The summed E-state index contributed by atoms with van der Waals surface area (Å²) in [5.41, 5.74) is -0.491. The second-order valence-electron chi connectivity index (χ2n) is 7.22. The standard InChI is InChI=1S/C15H24O6/c1-13(2)17-8-9(19-13)10-15(5,6-7-16)11-12(18-10)21-14(3,4)20-11/h7,9-12H,6,8H2,1-5H3/t9-,10-,11+,12-,15-/m1/s1. The van der Waals surface area contributed by atoms with Crippen LogP contribution in [0.3, 0.4) is 0 Å². The second-order valence-corrected chi connectivity index (χ2v) is 7.22. The number of hydrogen-bond acceptors (Lipinski definition) is 6. The number of ether oxygens (including phenoxy) is 5. The number of aldehydes is 1. The maximum atomic E-state index is 11.2. The van der Waals surface area contributed by atoms with Crippen LogP contribution in [0.4, 0.5) is 0 Å². The summed E-state index contributed by atoms with van der Waals surface area (Å²) in [6, 6.07) is 0. The van der Waals surface area contributed by atoms with Crippen molar-refractivity contribution >= 4 is 6.29 Å². The Hall–Kier alpha value is -0.530. The Labute approximate surface area is 125 Å². The Morgan fingerprint density at radius 2 is 1.71 bits per heavy atom. The highest BCUT2D eigenvalue weighted by molar-refractivity contribution is 5.51. The van der Waals surface area contributed by atoms with E-state index in [0.29, 0.717) is 13.0 Å². The molecular weight excluding hydrogens is 276 g/mol. The third-order valence-corrected chi connectivity index (χ3v) is 4.53. The Morgan fingerprint density at radius 3 is 2.29 bits per heavy atom. The van der Waals surface area contributed by atoms with Gasteiger partial charge in [0.05, 0.1) is 12.7 Å². The first-order valence-corrected chi connectivity index (χ1v) is 7.43. The molecule has 0 radical (unpaired) electrons. The first-order valence-electron chi connectivity index (χ1n) is 7.43. The van der Waals surface area contributed by atoms with Gasteiger partial charge in [0, 0.05) is 11.8 Å². The van der Waals surface area contributed by atoms with Gasteiger partial charge in [-0.05, 0) is 27.7 Å². The fraction of sp³-hybridized carbons (Fsp3) is 0.933. The van der Waals surface area contributed by atoms with E-state index in [0.717, 1.165) is 6.29 Å². The summed E-state index contributed by atoms with van der Waals surface area (Å²) in [6.45, 7) is 9.88. The lowest BCUT2D eigenvalue weighted by Gasteiger charge is -2.36. The fourth-order valence-corrected chi connectivity index (χ4v) is 3.53. The van der Waals surface area contributed by atoms with Gasteiger partial charge in [-0.3, -0.25) is 0 Å². The zero-order valence-corrected chi connectivity index (χ0v) is 13.3. The van der Waals surface area contributed by atoms with Crippen LogP contribution >= 0.6 is 0 Å². The van der Waals surface area contributed by atoms with Crippen molar-refractivity contribution in [3.8, 4) is 0 Å². The molecule has 3 rings (SSSR count). The highest BCUT2D eigenvalue weighted by Crippen LogP contribution is 2.51. The van der Waals surface area contributed by atoms with Crippen molar-refractivity contribution < 1.29 is 28.5 Å². The molecule has 6 nitrogen and oxygen atoms in total. The molecule has 0 aromatic heterocycles. The summed E-state index contributed by atoms with van der Waals surface area (Å²) in [7, 11) is 0. The summed E-state index contributed by atoms with van der Waals surface area (Å²) in [5, 5.41) is 0. The highest BCUT2D eigenvalue weighted by atomic mass is 16.8. The molecule has 6 heteroatoms. The van der Waals surface area contributed by atoms with Gasteiger partial charge < -0.3 is 28.5 Å². The second kappa shape index (κ2) is 4.73. The minimum Gasteiger partial charge on any atom is -0.348 e. The third-order valence-electron chi connectivity index (χ3n) is 4.53. The molecule has 0 aromatic rings. The van der Waals surface area contributed by atoms with Crippen molar-refractivity contribution in [3.63, 3.8) is 0 Å². The lowest BCUT2D eigenvalue weighted by atomic mass is 9.76. The van der Waals surface area contributed by atoms with Crippen LogP contribution in [0.25, 0.3) is 0 Å². The topological polar surface area (TPSA) is 63.2 Å². The molecule has 0 aromatic carbocycles. The quantitative estimate of drug-likeness (QED) is 0.738. The molecule has 0 spiro atoms. The maximum Gasteiger partial charge on any atom is 0.188 e. The van der Waals surface area contributed by atoms with Crippen molar-refractivity contribution in [2.45, 2.75) is 77.2 Å². The van der Waals surface area contributed by atoms with Crippen LogP contribution in [0.5, 0.6) is 0 Å². The molecule has 21 heavy (non-hydrogen) atoms. The van der Waals surface area contributed by atoms with Gasteiger partial charge in [0.1, 0.15) is 18.5 Å². The van der Waals surface area contributed by atoms with Gasteiger partial charge in [-0.25, -0.2) is 0 Å². The largest absolute Gasteiger partial charge is 0.348 e. The van der Waals surface area contributed by atoms with Crippen molar-refractivity contribution in [1.29, 1.82) is 0 Å². The number of rotatable bonds is 3. The number of fused-ring (bicyclic) bond motifs is 1. The molecule has 3 saturated heterocycles. The van der Waals surface area contributed by atoms with Gasteiger partial charge in [-0.2, -0.15) is 0 Å². The van der Waals surface area contributed by atoms with Crippen LogP contribution < -0.4 is 0 Å². The first-order chi connectivity index (χ1) is 9.67. The van der Waals surface area contributed by atoms with Crippen molar-refractivity contribution in [2.24, 2.45) is 5.41 Å².